The molecule has 0 aliphatic carbocycles. The molecule has 0 heterocycles. The molecule has 5 heteroatoms. The van der Waals surface area contributed by atoms with Crippen LogP contribution in [-0.4, -0.2) is 31.4 Å². The van der Waals surface area contributed by atoms with Crippen molar-refractivity contribution in [3.63, 3.8) is 0 Å². The molecule has 0 radical (unpaired) electrons. The molecular formula is C19H22ClFN2O. The number of aryl methyl sites for hydroxylation is 1. The van der Waals surface area contributed by atoms with Crippen LogP contribution in [0.1, 0.15) is 23.6 Å². The van der Waals surface area contributed by atoms with Gasteiger partial charge in [0.1, 0.15) is 5.82 Å². The lowest BCUT2D eigenvalue weighted by molar-refractivity contribution is -0.121. The number of amides is 1. The van der Waals surface area contributed by atoms with Gasteiger partial charge in [-0.1, -0.05) is 41.9 Å². The van der Waals surface area contributed by atoms with Gasteiger partial charge in [-0.05, 0) is 49.8 Å². The zero-order valence-electron chi connectivity index (χ0n) is 13.9. The summed E-state index contributed by atoms with van der Waals surface area (Å²) in [6.45, 7) is 0.428. The summed E-state index contributed by atoms with van der Waals surface area (Å²) in [6.07, 6.45) is 0.963. The number of rotatable bonds is 7. The second kappa shape index (κ2) is 8.81. The average molecular weight is 349 g/mol. The predicted octanol–water partition coefficient (Wildman–Crippen LogP) is 3.83. The highest BCUT2D eigenvalue weighted by Gasteiger charge is 2.16. The third-order valence-electron chi connectivity index (χ3n) is 3.93. The highest BCUT2D eigenvalue weighted by atomic mass is 35.5. The molecule has 128 valence electrons. The molecule has 2 rings (SSSR count). The molecule has 0 bridgehead atoms. The van der Waals surface area contributed by atoms with Gasteiger partial charge >= 0.3 is 0 Å². The summed E-state index contributed by atoms with van der Waals surface area (Å²) < 4.78 is 13.4. The Labute approximate surface area is 147 Å². The van der Waals surface area contributed by atoms with E-state index in [-0.39, 0.29) is 17.8 Å². The summed E-state index contributed by atoms with van der Waals surface area (Å²) >= 11 is 6.10. The first-order valence-electron chi connectivity index (χ1n) is 7.89. The third-order valence-corrected chi connectivity index (χ3v) is 4.30. The van der Waals surface area contributed by atoms with E-state index < -0.39 is 0 Å². The lowest BCUT2D eigenvalue weighted by Gasteiger charge is -2.25. The van der Waals surface area contributed by atoms with Gasteiger partial charge in [-0.2, -0.15) is 0 Å². The lowest BCUT2D eigenvalue weighted by Crippen LogP contribution is -2.34. The Morgan fingerprint density at radius 1 is 1.21 bits per heavy atom. The summed E-state index contributed by atoms with van der Waals surface area (Å²) in [5, 5.41) is 3.60. The minimum Gasteiger partial charge on any atom is -0.354 e. The monoisotopic (exact) mass is 348 g/mol. The SMILES string of the molecule is CN(C)C(CNC(=O)CCc1ccccc1Cl)c1cccc(F)c1. The van der Waals surface area contributed by atoms with Gasteiger partial charge in [0, 0.05) is 18.0 Å². The van der Waals surface area contributed by atoms with Crippen LogP contribution in [0, 0.1) is 5.82 Å². The molecule has 0 fully saturated rings. The normalized spacial score (nSPS) is 12.2. The van der Waals surface area contributed by atoms with Crippen molar-refractivity contribution in [3.05, 3.63) is 70.5 Å². The number of carbonyl (C=O) groups excluding carboxylic acids is 1. The smallest absolute Gasteiger partial charge is 0.220 e. The van der Waals surface area contributed by atoms with Crippen molar-refractivity contribution in [2.24, 2.45) is 0 Å². The van der Waals surface area contributed by atoms with Crippen molar-refractivity contribution in [1.29, 1.82) is 0 Å². The Morgan fingerprint density at radius 3 is 2.62 bits per heavy atom. The first-order valence-corrected chi connectivity index (χ1v) is 8.27. The molecule has 0 aliphatic rings. The Kier molecular flexibility index (Phi) is 6.76. The van der Waals surface area contributed by atoms with Crippen LogP contribution in [-0.2, 0) is 11.2 Å². The number of nitrogens with one attached hydrogen (secondary N) is 1. The molecule has 24 heavy (non-hydrogen) atoms. The highest BCUT2D eigenvalue weighted by Crippen LogP contribution is 2.19. The number of halogens is 2. The maximum absolute atomic E-state index is 13.4. The number of benzene rings is 2. The lowest BCUT2D eigenvalue weighted by atomic mass is 10.1. The first kappa shape index (κ1) is 18.4. The van der Waals surface area contributed by atoms with Crippen LogP contribution in [0.4, 0.5) is 4.39 Å². The molecular weight excluding hydrogens is 327 g/mol. The number of hydrogen-bond acceptors (Lipinski definition) is 2. The van der Waals surface area contributed by atoms with Gasteiger partial charge in [0.15, 0.2) is 0 Å². The van der Waals surface area contributed by atoms with Gasteiger partial charge < -0.3 is 10.2 Å². The highest BCUT2D eigenvalue weighted by molar-refractivity contribution is 6.31. The quantitative estimate of drug-likeness (QED) is 0.824. The van der Waals surface area contributed by atoms with Crippen molar-refractivity contribution in [3.8, 4) is 0 Å². The van der Waals surface area contributed by atoms with Crippen LogP contribution >= 0.6 is 11.6 Å². The number of nitrogens with zero attached hydrogens (tertiary/aromatic N) is 1. The van der Waals surface area contributed by atoms with E-state index in [2.05, 4.69) is 5.32 Å². The first-order chi connectivity index (χ1) is 11.5. The molecule has 1 N–H and O–H groups in total. The molecule has 0 saturated carbocycles. The van der Waals surface area contributed by atoms with E-state index in [1.54, 1.807) is 6.07 Å². The number of hydrogen-bond donors (Lipinski definition) is 1. The minimum atomic E-state index is -0.274. The van der Waals surface area contributed by atoms with Gasteiger partial charge in [-0.15, -0.1) is 0 Å². The molecule has 1 amide bonds. The molecule has 0 saturated heterocycles. The maximum Gasteiger partial charge on any atom is 0.220 e. The van der Waals surface area contributed by atoms with E-state index in [9.17, 15) is 9.18 Å². The topological polar surface area (TPSA) is 32.3 Å². The van der Waals surface area contributed by atoms with Gasteiger partial charge in [0.25, 0.3) is 0 Å². The van der Waals surface area contributed by atoms with Gasteiger partial charge in [-0.25, -0.2) is 4.39 Å². The van der Waals surface area contributed by atoms with Crippen LogP contribution in [0.15, 0.2) is 48.5 Å². The molecule has 0 aromatic heterocycles. The molecule has 0 spiro atoms. The van der Waals surface area contributed by atoms with Crippen LogP contribution in [0.25, 0.3) is 0 Å². The van der Waals surface area contributed by atoms with Crippen molar-refractivity contribution in [2.75, 3.05) is 20.6 Å². The van der Waals surface area contributed by atoms with E-state index in [4.69, 9.17) is 11.6 Å². The molecule has 1 atom stereocenters. The van der Waals surface area contributed by atoms with Crippen LogP contribution in [0.3, 0.4) is 0 Å². The number of carbonyl (C=O) groups is 1. The third kappa shape index (κ3) is 5.32. The van der Waals surface area contributed by atoms with E-state index >= 15 is 0 Å². The van der Waals surface area contributed by atoms with E-state index in [1.165, 1.54) is 12.1 Å². The molecule has 0 aliphatic heterocycles. The maximum atomic E-state index is 13.4. The summed E-state index contributed by atoms with van der Waals surface area (Å²) in [7, 11) is 3.82. The van der Waals surface area contributed by atoms with Crippen molar-refractivity contribution in [2.45, 2.75) is 18.9 Å². The Hall–Kier alpha value is -1.91. The summed E-state index contributed by atoms with van der Waals surface area (Å²) in [5.41, 5.74) is 1.80. The Balaban J connectivity index is 1.90. The van der Waals surface area contributed by atoms with Crippen LogP contribution < -0.4 is 5.32 Å². The van der Waals surface area contributed by atoms with E-state index in [0.717, 1.165) is 11.1 Å². The summed E-state index contributed by atoms with van der Waals surface area (Å²) in [4.78, 5) is 14.1. The zero-order chi connectivity index (χ0) is 17.5. The standard InChI is InChI=1S/C19H22ClFN2O/c1-23(2)18(15-7-5-8-16(21)12-15)13-22-19(24)11-10-14-6-3-4-9-17(14)20/h3-9,12,18H,10-11,13H2,1-2H3,(H,22,24). The van der Waals surface area contributed by atoms with Crippen molar-refractivity contribution >= 4 is 17.5 Å². The fraction of sp³-hybridized carbons (Fsp3) is 0.316. The van der Waals surface area contributed by atoms with Gasteiger partial charge in [0.2, 0.25) is 5.91 Å². The predicted molar refractivity (Wildman–Crippen MR) is 95.6 cm³/mol. The second-order valence-corrected chi connectivity index (χ2v) is 6.34. The minimum absolute atomic E-state index is 0.0434. The van der Waals surface area contributed by atoms with Crippen LogP contribution in [0.2, 0.25) is 5.02 Å². The van der Waals surface area contributed by atoms with E-state index in [1.807, 2.05) is 49.3 Å². The fourth-order valence-electron chi connectivity index (χ4n) is 2.56. The van der Waals surface area contributed by atoms with Gasteiger partial charge in [-0.3, -0.25) is 4.79 Å². The average Bonchev–Trinajstić information content (AvgIpc) is 2.54. The zero-order valence-corrected chi connectivity index (χ0v) is 14.7. The largest absolute Gasteiger partial charge is 0.354 e. The molecule has 2 aromatic rings. The second-order valence-electron chi connectivity index (χ2n) is 5.93. The number of likely N-dealkylation sites (N-methyl/N-ethyl adjacent to an activating group) is 1. The summed E-state index contributed by atoms with van der Waals surface area (Å²) in [5.74, 6) is -0.317. The molecule has 2 aromatic carbocycles. The molecule has 1 unspecified atom stereocenters. The Bertz CT molecular complexity index is 691. The summed E-state index contributed by atoms with van der Waals surface area (Å²) in [6, 6.07) is 13.9. The van der Waals surface area contributed by atoms with Gasteiger partial charge in [0.05, 0.1) is 6.04 Å². The van der Waals surface area contributed by atoms with E-state index in [0.29, 0.717) is 24.4 Å². The molecule has 3 nitrogen and oxygen atoms in total. The Morgan fingerprint density at radius 2 is 1.96 bits per heavy atom. The van der Waals surface area contributed by atoms with Crippen molar-refractivity contribution < 1.29 is 9.18 Å². The van der Waals surface area contributed by atoms with Crippen LogP contribution in [0.5, 0.6) is 0 Å². The van der Waals surface area contributed by atoms with Crippen molar-refractivity contribution in [1.82, 2.24) is 10.2 Å². The fourth-order valence-corrected chi connectivity index (χ4v) is 2.79.